The average molecular weight is 298 g/mol. The van der Waals surface area contributed by atoms with Crippen molar-refractivity contribution in [1.82, 2.24) is 10.3 Å². The Morgan fingerprint density at radius 3 is 2.55 bits per heavy atom. The molecule has 0 radical (unpaired) electrons. The van der Waals surface area contributed by atoms with Gasteiger partial charge in [-0.15, -0.1) is 11.3 Å². The zero-order valence-electron chi connectivity index (χ0n) is 11.4. The molecule has 6 heteroatoms. The van der Waals surface area contributed by atoms with Gasteiger partial charge in [0.05, 0.1) is 10.7 Å². The molecule has 1 aromatic carbocycles. The third kappa shape index (κ3) is 3.74. The van der Waals surface area contributed by atoms with Crippen LogP contribution < -0.4 is 10.1 Å². The van der Waals surface area contributed by atoms with Crippen LogP contribution in [0, 0.1) is 18.6 Å². The predicted molar refractivity (Wildman–Crippen MR) is 74.9 cm³/mol. The molecule has 0 aliphatic heterocycles. The van der Waals surface area contributed by atoms with E-state index < -0.39 is 11.6 Å². The summed E-state index contributed by atoms with van der Waals surface area (Å²) in [5, 5.41) is 5.72. The van der Waals surface area contributed by atoms with Crippen molar-refractivity contribution in [2.45, 2.75) is 27.0 Å². The number of halogens is 2. The summed E-state index contributed by atoms with van der Waals surface area (Å²) in [5.41, 5.74) is 1.22. The maximum atomic E-state index is 13.8. The number of nitrogens with zero attached hydrogens (tertiary/aromatic N) is 1. The maximum Gasteiger partial charge on any atom is 0.191 e. The Kier molecular flexibility index (Phi) is 5.03. The fourth-order valence-corrected chi connectivity index (χ4v) is 2.34. The van der Waals surface area contributed by atoms with Gasteiger partial charge in [-0.1, -0.05) is 6.92 Å². The summed E-state index contributed by atoms with van der Waals surface area (Å²) in [5.74, 6) is -1.73. The first-order chi connectivity index (χ1) is 9.60. The quantitative estimate of drug-likeness (QED) is 0.887. The minimum absolute atomic E-state index is 0.0603. The molecule has 2 rings (SSSR count). The Morgan fingerprint density at radius 1 is 1.30 bits per heavy atom. The molecule has 0 bridgehead atoms. The summed E-state index contributed by atoms with van der Waals surface area (Å²) in [6.45, 7) is 5.02. The summed E-state index contributed by atoms with van der Waals surface area (Å²) in [6.07, 6.45) is 0. The van der Waals surface area contributed by atoms with Gasteiger partial charge in [-0.2, -0.15) is 0 Å². The SMILES string of the molecule is CCNCc1cc(F)c(OCc2csc(C)n2)c(F)c1. The number of hydrogen-bond donors (Lipinski definition) is 1. The minimum Gasteiger partial charge on any atom is -0.481 e. The van der Waals surface area contributed by atoms with Crippen molar-refractivity contribution in [2.75, 3.05) is 6.54 Å². The van der Waals surface area contributed by atoms with Gasteiger partial charge in [-0.3, -0.25) is 0 Å². The predicted octanol–water partition coefficient (Wildman–Crippen LogP) is 3.42. The lowest BCUT2D eigenvalue weighted by molar-refractivity contribution is 0.270. The number of thiazole rings is 1. The van der Waals surface area contributed by atoms with E-state index in [9.17, 15) is 8.78 Å². The first kappa shape index (κ1) is 14.9. The average Bonchev–Trinajstić information content (AvgIpc) is 2.81. The van der Waals surface area contributed by atoms with Crippen molar-refractivity contribution in [1.29, 1.82) is 0 Å². The van der Waals surface area contributed by atoms with Gasteiger partial charge >= 0.3 is 0 Å². The molecule has 0 saturated carbocycles. The highest BCUT2D eigenvalue weighted by Crippen LogP contribution is 2.24. The molecule has 0 atom stereocenters. The zero-order valence-corrected chi connectivity index (χ0v) is 12.2. The van der Waals surface area contributed by atoms with E-state index in [-0.39, 0.29) is 12.4 Å². The Labute approximate surface area is 120 Å². The molecule has 0 aliphatic carbocycles. The van der Waals surface area contributed by atoms with Crippen LogP contribution in [0.1, 0.15) is 23.2 Å². The van der Waals surface area contributed by atoms with Crippen molar-refractivity contribution in [3.05, 3.63) is 45.4 Å². The fraction of sp³-hybridized carbons (Fsp3) is 0.357. The Balaban J connectivity index is 2.07. The molecule has 0 spiro atoms. The first-order valence-electron chi connectivity index (χ1n) is 6.32. The van der Waals surface area contributed by atoms with E-state index in [0.29, 0.717) is 17.8 Å². The summed E-state index contributed by atoms with van der Waals surface area (Å²) >= 11 is 1.47. The van der Waals surface area contributed by atoms with Gasteiger partial charge in [0.2, 0.25) is 0 Å². The second kappa shape index (κ2) is 6.76. The van der Waals surface area contributed by atoms with E-state index >= 15 is 0 Å². The molecule has 1 N–H and O–H groups in total. The van der Waals surface area contributed by atoms with Crippen LogP contribution in [0.5, 0.6) is 5.75 Å². The monoisotopic (exact) mass is 298 g/mol. The van der Waals surface area contributed by atoms with Gasteiger partial charge in [0, 0.05) is 11.9 Å². The van der Waals surface area contributed by atoms with E-state index in [1.54, 1.807) is 0 Å². The standard InChI is InChI=1S/C14H16F2N2OS/c1-3-17-6-10-4-12(15)14(13(16)5-10)19-7-11-8-20-9(2)18-11/h4-5,8,17H,3,6-7H2,1-2H3. The third-order valence-corrected chi connectivity index (χ3v) is 3.49. The Morgan fingerprint density at radius 2 is 2.00 bits per heavy atom. The van der Waals surface area contributed by atoms with Crippen LogP contribution in [-0.2, 0) is 13.2 Å². The molecule has 3 nitrogen and oxygen atoms in total. The third-order valence-electron chi connectivity index (χ3n) is 2.67. The summed E-state index contributed by atoms with van der Waals surface area (Å²) in [4.78, 5) is 4.18. The van der Waals surface area contributed by atoms with Gasteiger partial charge in [0.25, 0.3) is 0 Å². The number of ether oxygens (including phenoxy) is 1. The second-order valence-electron chi connectivity index (χ2n) is 4.32. The number of aromatic nitrogens is 1. The van der Waals surface area contributed by atoms with Crippen LogP contribution in [0.3, 0.4) is 0 Å². The number of aryl methyl sites for hydroxylation is 1. The van der Waals surface area contributed by atoms with Crippen LogP contribution in [0.4, 0.5) is 8.78 Å². The lowest BCUT2D eigenvalue weighted by Crippen LogP contribution is -2.12. The molecular formula is C14H16F2N2OS. The fourth-order valence-electron chi connectivity index (χ4n) is 1.74. The van der Waals surface area contributed by atoms with Crippen molar-refractivity contribution < 1.29 is 13.5 Å². The van der Waals surface area contributed by atoms with Gasteiger partial charge in [-0.05, 0) is 31.2 Å². The van der Waals surface area contributed by atoms with Crippen LogP contribution in [0.25, 0.3) is 0 Å². The molecule has 1 heterocycles. The number of nitrogens with one attached hydrogen (secondary N) is 1. The van der Waals surface area contributed by atoms with Crippen LogP contribution in [-0.4, -0.2) is 11.5 Å². The smallest absolute Gasteiger partial charge is 0.191 e. The number of rotatable bonds is 6. The van der Waals surface area contributed by atoms with Crippen molar-refractivity contribution in [3.8, 4) is 5.75 Å². The lowest BCUT2D eigenvalue weighted by atomic mass is 10.2. The van der Waals surface area contributed by atoms with Crippen molar-refractivity contribution in [3.63, 3.8) is 0 Å². The molecule has 0 fully saturated rings. The van der Waals surface area contributed by atoms with Crippen molar-refractivity contribution in [2.24, 2.45) is 0 Å². The highest BCUT2D eigenvalue weighted by Gasteiger charge is 2.13. The minimum atomic E-state index is -0.690. The topological polar surface area (TPSA) is 34.1 Å². The molecular weight excluding hydrogens is 282 g/mol. The van der Waals surface area contributed by atoms with E-state index in [1.165, 1.54) is 23.5 Å². The van der Waals surface area contributed by atoms with Crippen LogP contribution in [0.15, 0.2) is 17.5 Å². The van der Waals surface area contributed by atoms with Crippen LogP contribution >= 0.6 is 11.3 Å². The lowest BCUT2D eigenvalue weighted by Gasteiger charge is -2.09. The van der Waals surface area contributed by atoms with Crippen molar-refractivity contribution >= 4 is 11.3 Å². The summed E-state index contributed by atoms with van der Waals surface area (Å²) in [7, 11) is 0. The van der Waals surface area contributed by atoms with Gasteiger partial charge in [0.15, 0.2) is 17.4 Å². The van der Waals surface area contributed by atoms with E-state index in [1.807, 2.05) is 19.2 Å². The highest BCUT2D eigenvalue weighted by molar-refractivity contribution is 7.09. The molecule has 1 aromatic heterocycles. The summed E-state index contributed by atoms with van der Waals surface area (Å²) in [6, 6.07) is 2.57. The second-order valence-corrected chi connectivity index (χ2v) is 5.38. The molecule has 2 aromatic rings. The highest BCUT2D eigenvalue weighted by atomic mass is 32.1. The van der Waals surface area contributed by atoms with Gasteiger partial charge in [-0.25, -0.2) is 13.8 Å². The number of hydrogen-bond acceptors (Lipinski definition) is 4. The molecule has 0 saturated heterocycles. The van der Waals surface area contributed by atoms with Gasteiger partial charge < -0.3 is 10.1 Å². The molecule has 20 heavy (non-hydrogen) atoms. The van der Waals surface area contributed by atoms with E-state index in [2.05, 4.69) is 10.3 Å². The zero-order chi connectivity index (χ0) is 14.5. The molecule has 0 unspecified atom stereocenters. The number of benzene rings is 1. The van der Waals surface area contributed by atoms with E-state index in [0.717, 1.165) is 11.6 Å². The first-order valence-corrected chi connectivity index (χ1v) is 7.20. The molecule has 0 aliphatic rings. The molecule has 0 amide bonds. The Bertz CT molecular complexity index is 563. The maximum absolute atomic E-state index is 13.8. The van der Waals surface area contributed by atoms with Gasteiger partial charge in [0.1, 0.15) is 6.61 Å². The van der Waals surface area contributed by atoms with Crippen LogP contribution in [0.2, 0.25) is 0 Å². The normalized spacial score (nSPS) is 10.8. The Hall–Kier alpha value is -1.53. The van der Waals surface area contributed by atoms with E-state index in [4.69, 9.17) is 4.74 Å². The molecule has 108 valence electrons. The largest absolute Gasteiger partial charge is 0.481 e. The summed E-state index contributed by atoms with van der Waals surface area (Å²) < 4.78 is 32.9.